The van der Waals surface area contributed by atoms with Gasteiger partial charge in [0, 0.05) is 30.4 Å². The van der Waals surface area contributed by atoms with Crippen LogP contribution in [-0.2, 0) is 0 Å². The van der Waals surface area contributed by atoms with Crippen LogP contribution < -0.4 is 10.6 Å². The van der Waals surface area contributed by atoms with E-state index in [0.29, 0.717) is 4.75 Å². The van der Waals surface area contributed by atoms with Crippen LogP contribution in [0.2, 0.25) is 0 Å². The normalized spacial score (nSPS) is 27.5. The lowest BCUT2D eigenvalue weighted by Crippen LogP contribution is -2.57. The summed E-state index contributed by atoms with van der Waals surface area (Å²) < 4.78 is 0.579. The van der Waals surface area contributed by atoms with Crippen LogP contribution in [0.15, 0.2) is 0 Å². The molecule has 0 atom stereocenters. The van der Waals surface area contributed by atoms with E-state index < -0.39 is 0 Å². The second-order valence-corrected chi connectivity index (χ2v) is 5.60. The predicted molar refractivity (Wildman–Crippen MR) is 59.4 cm³/mol. The zero-order valence-corrected chi connectivity index (χ0v) is 9.25. The minimum Gasteiger partial charge on any atom is -0.314 e. The molecule has 0 amide bonds. The lowest BCUT2D eigenvalue weighted by atomic mass is 10.1. The Morgan fingerprint density at radius 3 is 2.54 bits per heavy atom. The molecule has 2 rings (SSSR count). The summed E-state index contributed by atoms with van der Waals surface area (Å²) in [5.74, 6) is 0. The highest BCUT2D eigenvalue weighted by molar-refractivity contribution is 8.00. The van der Waals surface area contributed by atoms with Crippen molar-refractivity contribution in [1.82, 2.24) is 10.6 Å². The summed E-state index contributed by atoms with van der Waals surface area (Å²) in [7, 11) is 0. The molecule has 76 valence electrons. The molecule has 1 saturated carbocycles. The summed E-state index contributed by atoms with van der Waals surface area (Å²) in [6.45, 7) is 3.56. The Morgan fingerprint density at radius 1 is 1.38 bits per heavy atom. The maximum atomic E-state index is 3.67. The van der Waals surface area contributed by atoms with Crippen molar-refractivity contribution >= 4 is 11.8 Å². The molecule has 0 spiro atoms. The van der Waals surface area contributed by atoms with Crippen molar-refractivity contribution in [3.8, 4) is 0 Å². The number of thioether (sulfide) groups is 1. The van der Waals surface area contributed by atoms with Gasteiger partial charge in [-0.2, -0.15) is 11.8 Å². The Bertz CT molecular complexity index is 162. The van der Waals surface area contributed by atoms with Crippen molar-refractivity contribution in [2.24, 2.45) is 0 Å². The average Bonchev–Trinajstić information content (AvgIpc) is 2.51. The predicted octanol–water partition coefficient (Wildman–Crippen LogP) is 1.22. The number of hydrogen-bond acceptors (Lipinski definition) is 3. The van der Waals surface area contributed by atoms with Gasteiger partial charge in [-0.25, -0.2) is 0 Å². The molecule has 1 saturated heterocycles. The van der Waals surface area contributed by atoms with Crippen LogP contribution in [0, 0.1) is 0 Å². The number of hydrogen-bond donors (Lipinski definition) is 2. The highest BCUT2D eigenvalue weighted by atomic mass is 32.2. The third kappa shape index (κ3) is 2.20. The van der Waals surface area contributed by atoms with Gasteiger partial charge in [-0.05, 0) is 19.1 Å². The van der Waals surface area contributed by atoms with Gasteiger partial charge in [0.15, 0.2) is 0 Å². The molecule has 2 N–H and O–H groups in total. The second kappa shape index (κ2) is 4.20. The zero-order chi connectivity index (χ0) is 9.15. The molecule has 0 bridgehead atoms. The highest BCUT2D eigenvalue weighted by Gasteiger charge is 2.33. The van der Waals surface area contributed by atoms with E-state index in [1.807, 2.05) is 0 Å². The molecule has 0 aromatic rings. The third-order valence-electron chi connectivity index (χ3n) is 3.44. The first-order valence-corrected chi connectivity index (χ1v) is 6.56. The molecule has 2 fully saturated rings. The fourth-order valence-electron chi connectivity index (χ4n) is 2.24. The van der Waals surface area contributed by atoms with E-state index in [-0.39, 0.29) is 0 Å². The van der Waals surface area contributed by atoms with Crippen LogP contribution >= 0.6 is 11.8 Å². The van der Waals surface area contributed by atoms with Crippen LogP contribution in [0.3, 0.4) is 0 Å². The first-order valence-electron chi connectivity index (χ1n) is 5.34. The Morgan fingerprint density at radius 2 is 2.08 bits per heavy atom. The van der Waals surface area contributed by atoms with E-state index in [1.165, 1.54) is 45.3 Å². The van der Waals surface area contributed by atoms with Crippen LogP contribution in [0.5, 0.6) is 0 Å². The molecule has 0 aromatic carbocycles. The molecule has 3 heteroatoms. The van der Waals surface area contributed by atoms with E-state index in [0.717, 1.165) is 6.04 Å². The van der Waals surface area contributed by atoms with E-state index >= 15 is 0 Å². The molecule has 1 aliphatic carbocycles. The Labute approximate surface area is 85.2 Å². The first kappa shape index (κ1) is 9.81. The Kier molecular flexibility index (Phi) is 3.17. The van der Waals surface area contributed by atoms with Gasteiger partial charge in [-0.15, -0.1) is 0 Å². The van der Waals surface area contributed by atoms with Gasteiger partial charge in [0.1, 0.15) is 0 Å². The zero-order valence-electron chi connectivity index (χ0n) is 8.44. The first-order chi connectivity index (χ1) is 6.35. The summed E-state index contributed by atoms with van der Waals surface area (Å²) in [4.78, 5) is 0. The molecular weight excluding hydrogens is 180 g/mol. The van der Waals surface area contributed by atoms with Gasteiger partial charge in [-0.3, -0.25) is 0 Å². The topological polar surface area (TPSA) is 24.1 Å². The molecule has 1 aliphatic heterocycles. The van der Waals surface area contributed by atoms with E-state index in [2.05, 4.69) is 28.7 Å². The van der Waals surface area contributed by atoms with Crippen molar-refractivity contribution in [3.05, 3.63) is 0 Å². The second-order valence-electron chi connectivity index (χ2n) is 4.33. The number of rotatable bonds is 4. The van der Waals surface area contributed by atoms with Gasteiger partial charge in [0.25, 0.3) is 0 Å². The lowest BCUT2D eigenvalue weighted by Gasteiger charge is -2.34. The van der Waals surface area contributed by atoms with E-state index in [9.17, 15) is 0 Å². The molecule has 13 heavy (non-hydrogen) atoms. The minimum absolute atomic E-state index is 0.579. The largest absolute Gasteiger partial charge is 0.314 e. The van der Waals surface area contributed by atoms with Crippen LogP contribution in [0.4, 0.5) is 0 Å². The fraction of sp³-hybridized carbons (Fsp3) is 1.00. The number of nitrogens with one attached hydrogen (secondary N) is 2. The smallest absolute Gasteiger partial charge is 0.0318 e. The van der Waals surface area contributed by atoms with Crippen molar-refractivity contribution in [3.63, 3.8) is 0 Å². The Balaban J connectivity index is 1.75. The molecule has 2 aliphatic rings. The minimum atomic E-state index is 0.579. The maximum absolute atomic E-state index is 3.67. The van der Waals surface area contributed by atoms with Gasteiger partial charge in [0.2, 0.25) is 0 Å². The van der Waals surface area contributed by atoms with Crippen LogP contribution in [-0.4, -0.2) is 36.7 Å². The Hall–Kier alpha value is 0.270. The van der Waals surface area contributed by atoms with Gasteiger partial charge < -0.3 is 10.6 Å². The highest BCUT2D eigenvalue weighted by Crippen LogP contribution is 2.39. The van der Waals surface area contributed by atoms with Crippen LogP contribution in [0.25, 0.3) is 0 Å². The quantitative estimate of drug-likeness (QED) is 0.713. The fourth-order valence-corrected chi connectivity index (χ4v) is 3.16. The molecule has 0 unspecified atom stereocenters. The molecule has 1 heterocycles. The summed E-state index contributed by atoms with van der Waals surface area (Å²) in [6, 6.07) is 0.754. The van der Waals surface area contributed by atoms with Crippen molar-refractivity contribution in [2.75, 3.05) is 25.9 Å². The summed E-state index contributed by atoms with van der Waals surface area (Å²) in [6.07, 6.45) is 7.98. The van der Waals surface area contributed by atoms with E-state index in [1.54, 1.807) is 0 Å². The molecule has 0 aromatic heterocycles. The van der Waals surface area contributed by atoms with Crippen molar-refractivity contribution < 1.29 is 0 Å². The van der Waals surface area contributed by atoms with Crippen molar-refractivity contribution in [1.29, 1.82) is 0 Å². The average molecular weight is 200 g/mol. The summed E-state index contributed by atoms with van der Waals surface area (Å²) >= 11 is 2.07. The summed E-state index contributed by atoms with van der Waals surface area (Å²) in [5, 5.41) is 6.97. The molecule has 0 radical (unpaired) electrons. The summed E-state index contributed by atoms with van der Waals surface area (Å²) in [5.41, 5.74) is 0. The van der Waals surface area contributed by atoms with Gasteiger partial charge >= 0.3 is 0 Å². The van der Waals surface area contributed by atoms with Crippen molar-refractivity contribution in [2.45, 2.75) is 36.5 Å². The standard InChI is InChI=1S/C10H20N2S/c1-13-10(4-2-3-5-10)8-12-9-6-11-7-9/h9,11-12H,2-8H2,1H3. The van der Waals surface area contributed by atoms with Gasteiger partial charge in [-0.1, -0.05) is 12.8 Å². The lowest BCUT2D eigenvalue weighted by molar-refractivity contribution is 0.350. The monoisotopic (exact) mass is 200 g/mol. The molecular formula is C10H20N2S. The molecule has 2 nitrogen and oxygen atoms in total. The van der Waals surface area contributed by atoms with Crippen LogP contribution in [0.1, 0.15) is 25.7 Å². The van der Waals surface area contributed by atoms with E-state index in [4.69, 9.17) is 0 Å². The maximum Gasteiger partial charge on any atom is 0.0318 e. The SMILES string of the molecule is CSC1(CNC2CNC2)CCCC1. The third-order valence-corrected chi connectivity index (χ3v) is 4.86. The van der Waals surface area contributed by atoms with Gasteiger partial charge in [0.05, 0.1) is 0 Å².